The predicted octanol–water partition coefficient (Wildman–Crippen LogP) is 3.82. The Hall–Kier alpha value is -3.34. The smallest absolute Gasteiger partial charge is 0.316 e. The fourth-order valence-electron chi connectivity index (χ4n) is 2.69. The van der Waals surface area contributed by atoms with E-state index in [0.29, 0.717) is 11.3 Å². The summed E-state index contributed by atoms with van der Waals surface area (Å²) in [6.45, 7) is 1.95. The Morgan fingerprint density at radius 3 is 2.28 bits per heavy atom. The van der Waals surface area contributed by atoms with Crippen LogP contribution in [0.4, 0.5) is 10.5 Å². The summed E-state index contributed by atoms with van der Waals surface area (Å²) >= 11 is 0. The van der Waals surface area contributed by atoms with Crippen molar-refractivity contribution in [3.63, 3.8) is 0 Å². The normalized spacial score (nSPS) is 11.7. The number of fused-ring (bicyclic) bond motifs is 1. The highest BCUT2D eigenvalue weighted by atomic mass is 16.2. The highest BCUT2D eigenvalue weighted by Gasteiger charge is 2.12. The van der Waals surface area contributed by atoms with Crippen molar-refractivity contribution in [3.05, 3.63) is 77.9 Å². The molecule has 0 heterocycles. The zero-order valence-electron chi connectivity index (χ0n) is 13.8. The van der Waals surface area contributed by atoms with E-state index < -0.39 is 6.03 Å². The van der Waals surface area contributed by atoms with Crippen LogP contribution in [-0.4, -0.2) is 11.9 Å². The minimum Gasteiger partial charge on any atom is -0.351 e. The van der Waals surface area contributed by atoms with E-state index in [4.69, 9.17) is 5.73 Å². The fourth-order valence-corrected chi connectivity index (χ4v) is 2.69. The lowest BCUT2D eigenvalue weighted by molar-refractivity contribution is 0.0940. The van der Waals surface area contributed by atoms with E-state index in [1.807, 2.05) is 25.1 Å². The molecule has 4 N–H and O–H groups in total. The van der Waals surface area contributed by atoms with E-state index in [1.54, 1.807) is 24.3 Å². The number of carbonyl (C=O) groups excluding carboxylic acids is 2. The van der Waals surface area contributed by atoms with Gasteiger partial charge in [-0.1, -0.05) is 36.4 Å². The average molecular weight is 333 g/mol. The molecular weight excluding hydrogens is 314 g/mol. The molecule has 1 atom stereocenters. The van der Waals surface area contributed by atoms with Gasteiger partial charge in [-0.25, -0.2) is 4.79 Å². The van der Waals surface area contributed by atoms with Gasteiger partial charge in [0.2, 0.25) is 0 Å². The van der Waals surface area contributed by atoms with Crippen LogP contribution >= 0.6 is 0 Å². The van der Waals surface area contributed by atoms with Gasteiger partial charge in [0.15, 0.2) is 0 Å². The molecule has 0 saturated carbocycles. The zero-order chi connectivity index (χ0) is 17.8. The van der Waals surface area contributed by atoms with Gasteiger partial charge in [0, 0.05) is 11.3 Å². The van der Waals surface area contributed by atoms with Crippen LogP contribution in [0.5, 0.6) is 0 Å². The van der Waals surface area contributed by atoms with Crippen molar-refractivity contribution in [2.24, 2.45) is 5.73 Å². The van der Waals surface area contributed by atoms with Gasteiger partial charge in [0.25, 0.3) is 5.91 Å². The zero-order valence-corrected chi connectivity index (χ0v) is 13.8. The Balaban J connectivity index is 1.71. The maximum absolute atomic E-state index is 12.4. The maximum atomic E-state index is 12.4. The molecule has 3 amide bonds. The molecule has 0 aliphatic carbocycles. The van der Waals surface area contributed by atoms with Crippen LogP contribution < -0.4 is 16.4 Å². The van der Waals surface area contributed by atoms with Crippen molar-refractivity contribution in [1.29, 1.82) is 0 Å². The Morgan fingerprint density at radius 1 is 0.920 bits per heavy atom. The molecule has 0 aliphatic rings. The first-order valence-corrected chi connectivity index (χ1v) is 7.99. The molecule has 3 rings (SSSR count). The first kappa shape index (κ1) is 16.5. The molecule has 3 aromatic carbocycles. The van der Waals surface area contributed by atoms with Crippen LogP contribution in [0.15, 0.2) is 66.7 Å². The summed E-state index contributed by atoms with van der Waals surface area (Å²) in [5, 5.41) is 7.76. The Bertz CT molecular complexity index is 920. The molecule has 3 aromatic rings. The minimum absolute atomic E-state index is 0.125. The second-order valence-corrected chi connectivity index (χ2v) is 5.87. The molecule has 0 bridgehead atoms. The quantitative estimate of drug-likeness (QED) is 0.678. The summed E-state index contributed by atoms with van der Waals surface area (Å²) in [6, 6.07) is 20.1. The number of primary amides is 1. The van der Waals surface area contributed by atoms with E-state index in [-0.39, 0.29) is 11.9 Å². The number of anilines is 1. The van der Waals surface area contributed by atoms with Crippen LogP contribution in [0, 0.1) is 0 Å². The number of hydrogen-bond acceptors (Lipinski definition) is 2. The lowest BCUT2D eigenvalue weighted by atomic mass is 10.0. The fraction of sp³-hybridized carbons (Fsp3) is 0.100. The molecule has 25 heavy (non-hydrogen) atoms. The molecule has 0 aliphatic heterocycles. The number of hydrogen-bond donors (Lipinski definition) is 3. The Morgan fingerprint density at radius 2 is 1.60 bits per heavy atom. The Kier molecular flexibility index (Phi) is 4.66. The monoisotopic (exact) mass is 333 g/mol. The molecule has 126 valence electrons. The van der Waals surface area contributed by atoms with E-state index in [0.717, 1.165) is 10.9 Å². The Labute approximate surface area is 145 Å². The van der Waals surface area contributed by atoms with Crippen molar-refractivity contribution in [3.8, 4) is 0 Å². The summed E-state index contributed by atoms with van der Waals surface area (Å²) in [6.07, 6.45) is 0. The minimum atomic E-state index is -0.637. The predicted molar refractivity (Wildman–Crippen MR) is 99.5 cm³/mol. The van der Waals surface area contributed by atoms with Crippen LogP contribution in [0.3, 0.4) is 0 Å². The molecule has 0 saturated heterocycles. The van der Waals surface area contributed by atoms with Crippen LogP contribution in [0.1, 0.15) is 28.9 Å². The summed E-state index contributed by atoms with van der Waals surface area (Å²) in [5.74, 6) is -0.175. The standard InChI is InChI=1S/C20H19N3O2/c1-13(16-7-6-14-4-2-3-5-17(14)12-16)22-19(24)15-8-10-18(11-9-15)23-20(21)25/h2-13H,1H3,(H,22,24)(H3,21,23,25). The number of nitrogens with two attached hydrogens (primary N) is 1. The maximum Gasteiger partial charge on any atom is 0.316 e. The first-order chi connectivity index (χ1) is 12.0. The largest absolute Gasteiger partial charge is 0.351 e. The van der Waals surface area contributed by atoms with E-state index >= 15 is 0 Å². The highest BCUT2D eigenvalue weighted by molar-refractivity contribution is 5.95. The van der Waals surface area contributed by atoms with Crippen molar-refractivity contribution < 1.29 is 9.59 Å². The third kappa shape index (κ3) is 3.95. The highest BCUT2D eigenvalue weighted by Crippen LogP contribution is 2.20. The van der Waals surface area contributed by atoms with Gasteiger partial charge >= 0.3 is 6.03 Å². The lowest BCUT2D eigenvalue weighted by Gasteiger charge is -2.15. The number of nitrogens with one attached hydrogen (secondary N) is 2. The number of urea groups is 1. The van der Waals surface area contributed by atoms with E-state index in [9.17, 15) is 9.59 Å². The molecule has 5 nitrogen and oxygen atoms in total. The molecule has 5 heteroatoms. The van der Waals surface area contributed by atoms with Crippen molar-refractivity contribution in [2.75, 3.05) is 5.32 Å². The summed E-state index contributed by atoms with van der Waals surface area (Å²) in [4.78, 5) is 23.2. The van der Waals surface area contributed by atoms with Gasteiger partial charge in [-0.05, 0) is 53.6 Å². The SMILES string of the molecule is CC(NC(=O)c1ccc(NC(N)=O)cc1)c1ccc2ccccc2c1. The van der Waals surface area contributed by atoms with Crippen molar-refractivity contribution in [2.45, 2.75) is 13.0 Å². The van der Waals surface area contributed by atoms with Crippen LogP contribution in [-0.2, 0) is 0 Å². The van der Waals surface area contributed by atoms with E-state index in [2.05, 4.69) is 34.9 Å². The lowest BCUT2D eigenvalue weighted by Crippen LogP contribution is -2.26. The molecule has 1 unspecified atom stereocenters. The van der Waals surface area contributed by atoms with Crippen molar-refractivity contribution in [1.82, 2.24) is 5.32 Å². The van der Waals surface area contributed by atoms with Gasteiger partial charge in [-0.2, -0.15) is 0 Å². The van der Waals surface area contributed by atoms with Gasteiger partial charge in [-0.3, -0.25) is 4.79 Å². The first-order valence-electron chi connectivity index (χ1n) is 7.99. The summed E-state index contributed by atoms with van der Waals surface area (Å²) in [5.41, 5.74) is 7.17. The second kappa shape index (κ2) is 7.05. The molecule has 0 fully saturated rings. The molecule has 0 aromatic heterocycles. The number of benzene rings is 3. The topological polar surface area (TPSA) is 84.2 Å². The third-order valence-electron chi connectivity index (χ3n) is 4.04. The van der Waals surface area contributed by atoms with E-state index in [1.165, 1.54) is 5.39 Å². The third-order valence-corrected chi connectivity index (χ3v) is 4.04. The number of carbonyl (C=O) groups is 2. The van der Waals surface area contributed by atoms with Gasteiger partial charge in [-0.15, -0.1) is 0 Å². The van der Waals surface area contributed by atoms with Gasteiger partial charge < -0.3 is 16.4 Å². The molecule has 0 radical (unpaired) electrons. The number of rotatable bonds is 4. The molecule has 0 spiro atoms. The molecular formula is C20H19N3O2. The second-order valence-electron chi connectivity index (χ2n) is 5.87. The summed E-state index contributed by atoms with van der Waals surface area (Å²) in [7, 11) is 0. The van der Waals surface area contributed by atoms with Crippen molar-refractivity contribution >= 4 is 28.4 Å². The van der Waals surface area contributed by atoms with Gasteiger partial charge in [0.1, 0.15) is 0 Å². The van der Waals surface area contributed by atoms with Gasteiger partial charge in [0.05, 0.1) is 6.04 Å². The average Bonchev–Trinajstić information content (AvgIpc) is 2.61. The summed E-state index contributed by atoms with van der Waals surface area (Å²) < 4.78 is 0. The number of amides is 3. The van der Waals surface area contributed by atoms with Crippen LogP contribution in [0.25, 0.3) is 10.8 Å². The van der Waals surface area contributed by atoms with Crippen LogP contribution in [0.2, 0.25) is 0 Å².